The van der Waals surface area contributed by atoms with Crippen molar-refractivity contribution >= 4 is 34.4 Å². The fourth-order valence-corrected chi connectivity index (χ4v) is 5.35. The maximum Gasteiger partial charge on any atom is 0.333 e. The molecule has 2 N–H and O–H groups in total. The molecule has 0 atom stereocenters. The van der Waals surface area contributed by atoms with Gasteiger partial charge in [0.1, 0.15) is 5.69 Å². The van der Waals surface area contributed by atoms with Gasteiger partial charge in [-0.05, 0) is 68.9 Å². The van der Waals surface area contributed by atoms with Crippen LogP contribution < -0.4 is 16.3 Å². The molecule has 2 amide bonds. The van der Waals surface area contributed by atoms with Crippen LogP contribution >= 0.6 is 11.6 Å². The molecule has 1 aliphatic rings. The van der Waals surface area contributed by atoms with Gasteiger partial charge in [0.15, 0.2) is 0 Å². The Morgan fingerprint density at radius 2 is 1.76 bits per heavy atom. The molecule has 196 valence electrons. The third-order valence-corrected chi connectivity index (χ3v) is 7.42. The van der Waals surface area contributed by atoms with Crippen LogP contribution in [0.1, 0.15) is 52.2 Å². The molecule has 38 heavy (non-hydrogen) atoms. The minimum Gasteiger partial charge on any atom is -0.354 e. The first-order chi connectivity index (χ1) is 18.4. The second-order valence-corrected chi connectivity index (χ2v) is 10.1. The summed E-state index contributed by atoms with van der Waals surface area (Å²) in [5.74, 6) is -0.170. The second-order valence-electron chi connectivity index (χ2n) is 9.67. The number of nitrogens with one attached hydrogen (secondary N) is 2. The SMILES string of the molecule is CNC(=O)c1cc(-n2c(=O)n(C[C@H]3CC[C@H](NC(=O)c4cc(Cl)cnc4C)CC3)c3ccccc32)ccn1. The lowest BCUT2D eigenvalue weighted by Crippen LogP contribution is -2.39. The number of nitrogens with zero attached hydrogens (tertiary/aromatic N) is 4. The highest BCUT2D eigenvalue weighted by atomic mass is 35.5. The number of aryl methyl sites for hydroxylation is 1. The topological polar surface area (TPSA) is 111 Å². The molecule has 3 aromatic heterocycles. The lowest BCUT2D eigenvalue weighted by atomic mass is 9.85. The molecule has 5 rings (SSSR count). The Hall–Kier alpha value is -3.98. The highest BCUT2D eigenvalue weighted by molar-refractivity contribution is 6.30. The van der Waals surface area contributed by atoms with Gasteiger partial charge in [0.25, 0.3) is 11.8 Å². The fraction of sp³-hybridized carbons (Fsp3) is 0.321. The van der Waals surface area contributed by atoms with Crippen molar-refractivity contribution in [3.8, 4) is 5.69 Å². The highest BCUT2D eigenvalue weighted by Crippen LogP contribution is 2.28. The number of halogens is 1. The number of aromatic nitrogens is 4. The smallest absolute Gasteiger partial charge is 0.333 e. The van der Waals surface area contributed by atoms with E-state index < -0.39 is 0 Å². The summed E-state index contributed by atoms with van der Waals surface area (Å²) >= 11 is 6.03. The number of carbonyl (C=O) groups excluding carboxylic acids is 2. The van der Waals surface area contributed by atoms with Gasteiger partial charge in [0.2, 0.25) is 0 Å². The van der Waals surface area contributed by atoms with E-state index in [4.69, 9.17) is 11.6 Å². The van der Waals surface area contributed by atoms with E-state index in [0.717, 1.165) is 36.7 Å². The third kappa shape index (κ3) is 5.06. The number of hydrogen-bond donors (Lipinski definition) is 2. The second kappa shape index (κ2) is 10.8. The number of hydrogen-bond acceptors (Lipinski definition) is 5. The van der Waals surface area contributed by atoms with Crippen molar-refractivity contribution in [1.82, 2.24) is 29.7 Å². The molecule has 1 aliphatic carbocycles. The van der Waals surface area contributed by atoms with E-state index in [2.05, 4.69) is 20.6 Å². The lowest BCUT2D eigenvalue weighted by Gasteiger charge is -2.29. The van der Waals surface area contributed by atoms with Gasteiger partial charge in [-0.25, -0.2) is 4.79 Å². The Morgan fingerprint density at radius 3 is 2.50 bits per heavy atom. The van der Waals surface area contributed by atoms with Crippen molar-refractivity contribution in [1.29, 1.82) is 0 Å². The quantitative estimate of drug-likeness (QED) is 0.391. The summed E-state index contributed by atoms with van der Waals surface area (Å²) in [6.45, 7) is 2.37. The van der Waals surface area contributed by atoms with Crippen molar-refractivity contribution in [2.75, 3.05) is 7.05 Å². The van der Waals surface area contributed by atoms with Gasteiger partial charge in [-0.1, -0.05) is 23.7 Å². The predicted molar refractivity (Wildman–Crippen MR) is 146 cm³/mol. The molecule has 4 aromatic rings. The maximum absolute atomic E-state index is 13.7. The molecule has 1 saturated carbocycles. The fourth-order valence-electron chi connectivity index (χ4n) is 5.19. The van der Waals surface area contributed by atoms with Crippen molar-refractivity contribution in [2.24, 2.45) is 5.92 Å². The maximum atomic E-state index is 13.7. The molecule has 3 heterocycles. The molecule has 1 aromatic carbocycles. The normalized spacial score (nSPS) is 17.3. The molecule has 0 unspecified atom stereocenters. The van der Waals surface area contributed by atoms with Crippen LogP contribution in [0.2, 0.25) is 5.02 Å². The van der Waals surface area contributed by atoms with Crippen LogP contribution in [0.4, 0.5) is 0 Å². The number of rotatable bonds is 6. The molecule has 1 fully saturated rings. The summed E-state index contributed by atoms with van der Waals surface area (Å²) in [6, 6.07) is 12.7. The minimum absolute atomic E-state index is 0.0650. The number of amides is 2. The number of benzene rings is 1. The van der Waals surface area contributed by atoms with Gasteiger partial charge in [-0.15, -0.1) is 0 Å². The number of pyridine rings is 2. The van der Waals surface area contributed by atoms with E-state index in [9.17, 15) is 14.4 Å². The Kier molecular flexibility index (Phi) is 7.28. The Morgan fingerprint density at radius 1 is 1.03 bits per heavy atom. The van der Waals surface area contributed by atoms with E-state index >= 15 is 0 Å². The van der Waals surface area contributed by atoms with Crippen molar-refractivity contribution < 1.29 is 9.59 Å². The summed E-state index contributed by atoms with van der Waals surface area (Å²) in [7, 11) is 1.55. The molecule has 10 heteroatoms. The third-order valence-electron chi connectivity index (χ3n) is 7.22. The summed E-state index contributed by atoms with van der Waals surface area (Å²) in [5.41, 5.74) is 3.45. The van der Waals surface area contributed by atoms with E-state index in [0.29, 0.717) is 34.4 Å². The van der Waals surface area contributed by atoms with Crippen LogP contribution in [0.25, 0.3) is 16.7 Å². The molecule has 0 aliphatic heterocycles. The van der Waals surface area contributed by atoms with Crippen LogP contribution in [0, 0.1) is 12.8 Å². The zero-order valence-electron chi connectivity index (χ0n) is 21.3. The molecule has 0 saturated heterocycles. The van der Waals surface area contributed by atoms with Crippen LogP contribution in [0.3, 0.4) is 0 Å². The lowest BCUT2D eigenvalue weighted by molar-refractivity contribution is 0.0917. The van der Waals surface area contributed by atoms with Crippen LogP contribution in [-0.2, 0) is 6.54 Å². The van der Waals surface area contributed by atoms with Gasteiger partial charge in [-0.3, -0.25) is 28.7 Å². The van der Waals surface area contributed by atoms with Crippen LogP contribution in [0.5, 0.6) is 0 Å². The monoisotopic (exact) mass is 532 g/mol. The van der Waals surface area contributed by atoms with Crippen molar-refractivity contribution in [2.45, 2.75) is 45.2 Å². The molecular weight excluding hydrogens is 504 g/mol. The highest BCUT2D eigenvalue weighted by Gasteiger charge is 2.26. The number of imidazole rings is 1. The summed E-state index contributed by atoms with van der Waals surface area (Å²) in [4.78, 5) is 46.9. The molecule has 9 nitrogen and oxygen atoms in total. The standard InChI is InChI=1S/C28H29ClN6O3/c1-17-22(13-19(29)15-32-17)26(36)33-20-9-7-18(8-10-20)16-34-24-5-3-4-6-25(24)35(28(34)38)21-11-12-31-23(14-21)27(37)30-2/h3-6,11-15,18,20H,7-10,16H2,1-2H3,(H,30,37)(H,33,36)/t18-,20-. The Bertz CT molecular complexity index is 1570. The number of fused-ring (bicyclic) bond motifs is 1. The summed E-state index contributed by atoms with van der Waals surface area (Å²) in [6.07, 6.45) is 6.51. The van der Waals surface area contributed by atoms with Crippen molar-refractivity contribution in [3.05, 3.63) is 87.3 Å². The van der Waals surface area contributed by atoms with Gasteiger partial charge in [0.05, 0.1) is 33.0 Å². The predicted octanol–water partition coefficient (Wildman–Crippen LogP) is 3.89. The number of carbonyl (C=O) groups is 2. The number of para-hydroxylation sites is 2. The molecule has 0 radical (unpaired) electrons. The zero-order valence-corrected chi connectivity index (χ0v) is 22.0. The molecule has 0 bridgehead atoms. The summed E-state index contributed by atoms with van der Waals surface area (Å²) in [5, 5.41) is 6.13. The molecule has 0 spiro atoms. The largest absolute Gasteiger partial charge is 0.354 e. The zero-order chi connectivity index (χ0) is 26.8. The van der Waals surface area contributed by atoms with Gasteiger partial charge < -0.3 is 10.6 Å². The molecular formula is C28H29ClN6O3. The first-order valence-corrected chi connectivity index (χ1v) is 13.0. The first-order valence-electron chi connectivity index (χ1n) is 12.7. The first kappa shape index (κ1) is 25.7. The van der Waals surface area contributed by atoms with Crippen LogP contribution in [0.15, 0.2) is 59.7 Å². The average Bonchev–Trinajstić information content (AvgIpc) is 3.21. The van der Waals surface area contributed by atoms with Crippen molar-refractivity contribution in [3.63, 3.8) is 0 Å². The van der Waals surface area contributed by atoms with Crippen LogP contribution in [-0.4, -0.2) is 44.0 Å². The van der Waals surface area contributed by atoms with E-state index in [1.807, 2.05) is 28.8 Å². The Balaban J connectivity index is 1.33. The average molecular weight is 533 g/mol. The van der Waals surface area contributed by atoms with E-state index in [1.54, 1.807) is 36.7 Å². The minimum atomic E-state index is -0.311. The summed E-state index contributed by atoms with van der Waals surface area (Å²) < 4.78 is 3.45. The van der Waals surface area contributed by atoms with Gasteiger partial charge in [-0.2, -0.15) is 0 Å². The van der Waals surface area contributed by atoms with Gasteiger partial charge >= 0.3 is 5.69 Å². The van der Waals surface area contributed by atoms with Gasteiger partial charge in [0, 0.05) is 32.0 Å². The van der Waals surface area contributed by atoms with E-state index in [1.165, 1.54) is 12.4 Å². The van der Waals surface area contributed by atoms with E-state index in [-0.39, 0.29) is 29.2 Å². The Labute approximate surface area is 224 Å².